The predicted molar refractivity (Wildman–Crippen MR) is 65.5 cm³/mol. The molecule has 0 aliphatic heterocycles. The van der Waals surface area contributed by atoms with Crippen LogP contribution in [0.2, 0.25) is 0 Å². The molecule has 0 bridgehead atoms. The second-order valence-electron chi connectivity index (χ2n) is 3.92. The van der Waals surface area contributed by atoms with Gasteiger partial charge in [-0.15, -0.1) is 0 Å². The van der Waals surface area contributed by atoms with Crippen LogP contribution in [0.4, 0.5) is 18.9 Å². The average molecular weight is 278 g/mol. The van der Waals surface area contributed by atoms with Crippen molar-refractivity contribution in [3.63, 3.8) is 0 Å². The number of hydrogen-bond acceptors (Lipinski definition) is 4. The van der Waals surface area contributed by atoms with Crippen molar-refractivity contribution in [1.29, 1.82) is 5.26 Å². The third kappa shape index (κ3) is 3.23. The summed E-state index contributed by atoms with van der Waals surface area (Å²) in [5.74, 6) is 0. The zero-order valence-corrected chi connectivity index (χ0v) is 10.1. The molecular formula is C13H9F3N4. The van der Waals surface area contributed by atoms with E-state index in [0.29, 0.717) is 5.69 Å². The van der Waals surface area contributed by atoms with Gasteiger partial charge in [0, 0.05) is 18.1 Å². The minimum absolute atomic E-state index is 0.0395. The molecule has 1 aromatic carbocycles. The Morgan fingerprint density at radius 1 is 1.25 bits per heavy atom. The van der Waals surface area contributed by atoms with Crippen LogP contribution in [-0.2, 0) is 12.7 Å². The van der Waals surface area contributed by atoms with Crippen LogP contribution >= 0.6 is 0 Å². The first kappa shape index (κ1) is 13.8. The van der Waals surface area contributed by atoms with E-state index in [-0.39, 0.29) is 17.8 Å². The summed E-state index contributed by atoms with van der Waals surface area (Å²) in [6.07, 6.45) is -0.131. The molecule has 1 N–H and O–H groups in total. The molecule has 102 valence electrons. The number of hydrogen-bond donors (Lipinski definition) is 1. The van der Waals surface area contributed by atoms with Gasteiger partial charge in [0.1, 0.15) is 0 Å². The molecule has 0 saturated heterocycles. The molecule has 0 unspecified atom stereocenters. The van der Waals surface area contributed by atoms with E-state index in [2.05, 4.69) is 15.3 Å². The molecule has 0 amide bonds. The number of nitrogens with one attached hydrogen (secondary N) is 1. The minimum atomic E-state index is -4.53. The molecule has 0 saturated carbocycles. The fourth-order valence-corrected chi connectivity index (χ4v) is 1.61. The number of halogens is 3. The lowest BCUT2D eigenvalue weighted by Gasteiger charge is -2.14. The lowest BCUT2D eigenvalue weighted by atomic mass is 10.1. The minimum Gasteiger partial charge on any atom is -0.379 e. The van der Waals surface area contributed by atoms with Crippen molar-refractivity contribution >= 4 is 5.69 Å². The summed E-state index contributed by atoms with van der Waals surface area (Å²) in [7, 11) is 0. The Morgan fingerprint density at radius 2 is 2.05 bits per heavy atom. The Hall–Kier alpha value is -2.62. The first-order valence-electron chi connectivity index (χ1n) is 5.61. The maximum atomic E-state index is 12.9. The van der Waals surface area contributed by atoms with E-state index in [4.69, 9.17) is 5.26 Å². The summed E-state index contributed by atoms with van der Waals surface area (Å²) in [6.45, 7) is 0.114. The van der Waals surface area contributed by atoms with Gasteiger partial charge >= 0.3 is 6.18 Å². The van der Waals surface area contributed by atoms with Crippen molar-refractivity contribution in [3.05, 3.63) is 53.6 Å². The molecule has 0 aliphatic carbocycles. The molecule has 20 heavy (non-hydrogen) atoms. The molecule has 2 aromatic rings. The van der Waals surface area contributed by atoms with Crippen LogP contribution in [0.25, 0.3) is 0 Å². The largest absolute Gasteiger partial charge is 0.418 e. The molecular weight excluding hydrogens is 269 g/mol. The molecule has 0 atom stereocenters. The zero-order chi connectivity index (χ0) is 14.6. The normalized spacial score (nSPS) is 10.9. The zero-order valence-electron chi connectivity index (χ0n) is 10.1. The highest BCUT2D eigenvalue weighted by atomic mass is 19.4. The number of aromatic nitrogens is 2. The first-order chi connectivity index (χ1) is 9.50. The molecule has 1 aromatic heterocycles. The van der Waals surface area contributed by atoms with E-state index in [0.717, 1.165) is 6.07 Å². The summed E-state index contributed by atoms with van der Waals surface area (Å²) in [4.78, 5) is 7.79. The third-order valence-corrected chi connectivity index (χ3v) is 2.53. The second-order valence-corrected chi connectivity index (χ2v) is 3.92. The topological polar surface area (TPSA) is 61.6 Å². The number of anilines is 1. The van der Waals surface area contributed by atoms with E-state index < -0.39 is 11.7 Å². The number of nitriles is 1. The SMILES string of the molecule is N#Cc1ccc(NCc2cnccn2)c(C(F)(F)F)c1. The van der Waals surface area contributed by atoms with Gasteiger partial charge in [-0.3, -0.25) is 9.97 Å². The van der Waals surface area contributed by atoms with Crippen LogP contribution < -0.4 is 5.32 Å². The van der Waals surface area contributed by atoms with E-state index in [9.17, 15) is 13.2 Å². The maximum Gasteiger partial charge on any atom is 0.418 e. The molecule has 7 heteroatoms. The maximum absolute atomic E-state index is 12.9. The summed E-state index contributed by atoms with van der Waals surface area (Å²) in [6, 6.07) is 5.07. The van der Waals surface area contributed by atoms with Gasteiger partial charge in [0.15, 0.2) is 0 Å². The Balaban J connectivity index is 2.25. The Labute approximate surface area is 112 Å². The van der Waals surface area contributed by atoms with Gasteiger partial charge in [0.25, 0.3) is 0 Å². The molecule has 1 heterocycles. The molecule has 0 aliphatic rings. The third-order valence-electron chi connectivity index (χ3n) is 2.53. The summed E-state index contributed by atoms with van der Waals surface area (Å²) < 4.78 is 38.7. The summed E-state index contributed by atoms with van der Waals surface area (Å²) in [5, 5.41) is 11.3. The van der Waals surface area contributed by atoms with Crippen molar-refractivity contribution in [3.8, 4) is 6.07 Å². The predicted octanol–water partition coefficient (Wildman–Crippen LogP) is 2.98. The van der Waals surface area contributed by atoms with Crippen molar-refractivity contribution < 1.29 is 13.2 Å². The van der Waals surface area contributed by atoms with Gasteiger partial charge in [-0.1, -0.05) is 0 Å². The quantitative estimate of drug-likeness (QED) is 0.937. The van der Waals surface area contributed by atoms with E-state index in [1.807, 2.05) is 0 Å². The fourth-order valence-electron chi connectivity index (χ4n) is 1.61. The number of rotatable bonds is 3. The molecule has 2 rings (SSSR count). The average Bonchev–Trinajstić information content (AvgIpc) is 2.45. The van der Waals surface area contributed by atoms with Crippen molar-refractivity contribution in [2.75, 3.05) is 5.32 Å². The van der Waals surface area contributed by atoms with Gasteiger partial charge in [0.2, 0.25) is 0 Å². The van der Waals surface area contributed by atoms with Gasteiger partial charge in [-0.05, 0) is 18.2 Å². The molecule has 0 radical (unpaired) electrons. The van der Waals surface area contributed by atoms with Gasteiger partial charge in [-0.25, -0.2) is 0 Å². The van der Waals surface area contributed by atoms with Crippen LogP contribution in [0.15, 0.2) is 36.8 Å². The van der Waals surface area contributed by atoms with Crippen LogP contribution in [0.3, 0.4) is 0 Å². The summed E-state index contributed by atoms with van der Waals surface area (Å²) in [5.41, 5.74) is -0.491. The number of alkyl halides is 3. The summed E-state index contributed by atoms with van der Waals surface area (Å²) >= 11 is 0. The Bertz CT molecular complexity index is 632. The van der Waals surface area contributed by atoms with Crippen molar-refractivity contribution in [1.82, 2.24) is 9.97 Å². The Kier molecular flexibility index (Phi) is 3.84. The van der Waals surface area contributed by atoms with Gasteiger partial charge < -0.3 is 5.32 Å². The van der Waals surface area contributed by atoms with E-state index in [1.165, 1.54) is 30.7 Å². The standard InChI is InChI=1S/C13H9F3N4/c14-13(15,16)11-5-9(6-17)1-2-12(11)20-8-10-7-18-3-4-19-10/h1-5,7,20H,8H2. The monoisotopic (exact) mass is 278 g/mol. The van der Waals surface area contributed by atoms with Crippen molar-refractivity contribution in [2.45, 2.75) is 12.7 Å². The number of nitrogens with zero attached hydrogens (tertiary/aromatic N) is 3. The van der Waals surface area contributed by atoms with E-state index in [1.54, 1.807) is 6.07 Å². The van der Waals surface area contributed by atoms with Crippen LogP contribution in [-0.4, -0.2) is 9.97 Å². The first-order valence-corrected chi connectivity index (χ1v) is 5.61. The molecule has 0 fully saturated rings. The lowest BCUT2D eigenvalue weighted by Crippen LogP contribution is -2.11. The highest BCUT2D eigenvalue weighted by molar-refractivity contribution is 5.56. The smallest absolute Gasteiger partial charge is 0.379 e. The second kappa shape index (κ2) is 5.57. The molecule has 4 nitrogen and oxygen atoms in total. The van der Waals surface area contributed by atoms with Crippen LogP contribution in [0.1, 0.15) is 16.8 Å². The van der Waals surface area contributed by atoms with Gasteiger partial charge in [0.05, 0.1) is 35.6 Å². The highest BCUT2D eigenvalue weighted by Crippen LogP contribution is 2.35. The lowest BCUT2D eigenvalue weighted by molar-refractivity contribution is -0.137. The Morgan fingerprint density at radius 3 is 2.65 bits per heavy atom. The highest BCUT2D eigenvalue weighted by Gasteiger charge is 2.33. The van der Waals surface area contributed by atoms with Gasteiger partial charge in [-0.2, -0.15) is 18.4 Å². The van der Waals surface area contributed by atoms with E-state index >= 15 is 0 Å². The van der Waals surface area contributed by atoms with Crippen LogP contribution in [0, 0.1) is 11.3 Å². The molecule has 0 spiro atoms. The van der Waals surface area contributed by atoms with Crippen LogP contribution in [0.5, 0.6) is 0 Å². The number of benzene rings is 1. The fraction of sp³-hybridized carbons (Fsp3) is 0.154. The van der Waals surface area contributed by atoms with Crippen molar-refractivity contribution in [2.24, 2.45) is 0 Å².